The predicted octanol–water partition coefficient (Wildman–Crippen LogP) is 2.06. The van der Waals surface area contributed by atoms with E-state index in [1.165, 1.54) is 35.1 Å². The molecule has 0 fully saturated rings. The lowest BCUT2D eigenvalue weighted by molar-refractivity contribution is -0.849. The third-order valence-electron chi connectivity index (χ3n) is 7.36. The Hall–Kier alpha value is -5.58. The number of hydrogen-bond donors (Lipinski definition) is 6. The van der Waals surface area contributed by atoms with E-state index in [9.17, 15) is 24.0 Å². The predicted molar refractivity (Wildman–Crippen MR) is 194 cm³/mol. The average molecular weight is 722 g/mol. The summed E-state index contributed by atoms with van der Waals surface area (Å²) >= 11 is 7.38. The number of thioether (sulfide) groups is 1. The molecule has 17 heteroatoms. The van der Waals surface area contributed by atoms with Gasteiger partial charge in [-0.05, 0) is 35.9 Å². The van der Waals surface area contributed by atoms with E-state index < -0.39 is 16.4 Å². The second kappa shape index (κ2) is 16.7. The number of amides is 4. The summed E-state index contributed by atoms with van der Waals surface area (Å²) in [5, 5.41) is 8.19. The fraction of sp³-hybridized carbons (Fsp3) is 0.212. The Morgan fingerprint density at radius 3 is 2.18 bits per heavy atom. The molecule has 1 aliphatic heterocycles. The maximum Gasteiger partial charge on any atom is 0.312 e. The lowest BCUT2D eigenvalue weighted by Gasteiger charge is -2.25. The number of likely N-dealkylation sites (N-methyl/N-ethyl adjacent to an activating group) is 1. The SMILES string of the molecule is Cn1cc(NC(=O)c2cc(NC(=O)C3=CC(C(=O)C=Cc4ccc(SCCCl)cc4)=C[N+]3(C)NC=O)cn2C)cc1C(=O)NCCN=C(N)N. The van der Waals surface area contributed by atoms with E-state index in [4.69, 9.17) is 23.1 Å². The number of quaternary nitrogens is 1. The number of aliphatic imine (C=N–C) groups is 1. The maximum atomic E-state index is 13.5. The fourth-order valence-electron chi connectivity index (χ4n) is 4.95. The lowest BCUT2D eigenvalue weighted by Crippen LogP contribution is -2.50. The van der Waals surface area contributed by atoms with Crippen LogP contribution in [0.4, 0.5) is 11.4 Å². The van der Waals surface area contributed by atoms with Crippen LogP contribution in [0, 0.1) is 0 Å². The second-order valence-electron chi connectivity index (χ2n) is 11.2. The molecular weight excluding hydrogens is 684 g/mol. The summed E-state index contributed by atoms with van der Waals surface area (Å²) in [5.41, 5.74) is 15.4. The molecule has 0 bridgehead atoms. The van der Waals surface area contributed by atoms with E-state index in [-0.39, 0.29) is 47.7 Å². The molecule has 50 heavy (non-hydrogen) atoms. The quantitative estimate of drug-likeness (QED) is 0.0188. The molecule has 4 rings (SSSR count). The summed E-state index contributed by atoms with van der Waals surface area (Å²) in [6.07, 6.45) is 9.49. The van der Waals surface area contributed by atoms with E-state index in [0.29, 0.717) is 29.4 Å². The van der Waals surface area contributed by atoms with Crippen molar-refractivity contribution >= 4 is 76.7 Å². The van der Waals surface area contributed by atoms with Crippen molar-refractivity contribution in [3.63, 3.8) is 0 Å². The first-order valence-electron chi connectivity index (χ1n) is 15.2. The molecule has 8 N–H and O–H groups in total. The number of carbonyl (C=O) groups excluding carboxylic acids is 5. The zero-order valence-corrected chi connectivity index (χ0v) is 29.2. The zero-order valence-electron chi connectivity index (χ0n) is 27.6. The third-order valence-corrected chi connectivity index (χ3v) is 8.79. The Bertz CT molecular complexity index is 1910. The molecule has 0 saturated carbocycles. The van der Waals surface area contributed by atoms with Crippen molar-refractivity contribution in [2.75, 3.05) is 42.4 Å². The summed E-state index contributed by atoms with van der Waals surface area (Å²) in [5.74, 6) is -0.575. The summed E-state index contributed by atoms with van der Waals surface area (Å²) in [7, 11) is 4.83. The Labute approximate surface area is 297 Å². The molecule has 4 amide bonds. The van der Waals surface area contributed by atoms with Crippen LogP contribution in [-0.4, -0.2) is 81.4 Å². The maximum absolute atomic E-state index is 13.5. The van der Waals surface area contributed by atoms with Gasteiger partial charge in [0.1, 0.15) is 24.6 Å². The largest absolute Gasteiger partial charge is 0.370 e. The Balaban J connectivity index is 1.42. The van der Waals surface area contributed by atoms with Crippen LogP contribution in [0.15, 0.2) is 88.3 Å². The van der Waals surface area contributed by atoms with E-state index in [1.807, 2.05) is 24.3 Å². The number of ketones is 1. The molecular formula is C33H38ClN10O5S+. The van der Waals surface area contributed by atoms with Crippen LogP contribution in [0.5, 0.6) is 0 Å². The number of aromatic nitrogens is 2. The number of benzene rings is 1. The van der Waals surface area contributed by atoms with Crippen LogP contribution in [0.25, 0.3) is 6.08 Å². The molecule has 3 aromatic rings. The van der Waals surface area contributed by atoms with Gasteiger partial charge in [-0.3, -0.25) is 29.0 Å². The minimum Gasteiger partial charge on any atom is -0.370 e. The van der Waals surface area contributed by atoms with Crippen molar-refractivity contribution in [3.8, 4) is 0 Å². The van der Waals surface area contributed by atoms with Crippen LogP contribution >= 0.6 is 23.4 Å². The van der Waals surface area contributed by atoms with Gasteiger partial charge >= 0.3 is 5.91 Å². The number of alkyl halides is 1. The molecule has 1 aliphatic rings. The van der Waals surface area contributed by atoms with Gasteiger partial charge in [0.15, 0.2) is 11.7 Å². The Morgan fingerprint density at radius 2 is 1.58 bits per heavy atom. The molecule has 15 nitrogen and oxygen atoms in total. The molecule has 2 aromatic heterocycles. The number of nitrogens with two attached hydrogens (primary N) is 2. The van der Waals surface area contributed by atoms with Gasteiger partial charge in [0, 0.05) is 55.6 Å². The molecule has 1 unspecified atom stereocenters. The highest BCUT2D eigenvalue weighted by atomic mass is 35.5. The fourth-order valence-corrected chi connectivity index (χ4v) is 5.82. The van der Waals surface area contributed by atoms with Gasteiger partial charge in [-0.15, -0.1) is 23.4 Å². The Kier molecular flexibility index (Phi) is 12.4. The number of nitrogens with zero attached hydrogens (tertiary/aromatic N) is 4. The molecule has 0 spiro atoms. The van der Waals surface area contributed by atoms with E-state index in [1.54, 1.807) is 55.9 Å². The summed E-state index contributed by atoms with van der Waals surface area (Å²) < 4.78 is 2.62. The van der Waals surface area contributed by atoms with Crippen molar-refractivity contribution in [1.29, 1.82) is 0 Å². The molecule has 0 radical (unpaired) electrons. The number of rotatable bonds is 16. The second-order valence-corrected chi connectivity index (χ2v) is 12.7. The molecule has 1 atom stereocenters. The molecule has 1 aromatic carbocycles. The number of hydrogen-bond acceptors (Lipinski definition) is 7. The number of nitrogens with one attached hydrogen (secondary N) is 4. The highest BCUT2D eigenvalue weighted by Gasteiger charge is 2.39. The van der Waals surface area contributed by atoms with Crippen molar-refractivity contribution in [2.45, 2.75) is 4.90 Å². The van der Waals surface area contributed by atoms with Crippen LogP contribution in [0.1, 0.15) is 26.5 Å². The monoisotopic (exact) mass is 721 g/mol. The highest BCUT2D eigenvalue weighted by Crippen LogP contribution is 2.27. The van der Waals surface area contributed by atoms with Crippen LogP contribution in [0.3, 0.4) is 0 Å². The minimum absolute atomic E-state index is 0.0674. The van der Waals surface area contributed by atoms with E-state index >= 15 is 0 Å². The van der Waals surface area contributed by atoms with Gasteiger partial charge in [0.2, 0.25) is 5.70 Å². The molecule has 0 saturated heterocycles. The highest BCUT2D eigenvalue weighted by molar-refractivity contribution is 7.99. The summed E-state index contributed by atoms with van der Waals surface area (Å²) in [4.78, 5) is 68.7. The minimum atomic E-state index is -0.606. The zero-order chi connectivity index (χ0) is 36.4. The van der Waals surface area contributed by atoms with Gasteiger partial charge < -0.3 is 36.6 Å². The molecule has 262 valence electrons. The van der Waals surface area contributed by atoms with Crippen molar-refractivity contribution in [1.82, 2.24) is 19.9 Å². The smallest absolute Gasteiger partial charge is 0.312 e. The lowest BCUT2D eigenvalue weighted by atomic mass is 10.1. The number of carbonyl (C=O) groups is 5. The van der Waals surface area contributed by atoms with Crippen LogP contribution in [-0.2, 0) is 28.5 Å². The average Bonchev–Trinajstić information content (AvgIpc) is 3.74. The number of aryl methyl sites for hydroxylation is 2. The van der Waals surface area contributed by atoms with Gasteiger partial charge in [-0.1, -0.05) is 18.2 Å². The third kappa shape index (κ3) is 9.52. The van der Waals surface area contributed by atoms with E-state index in [0.717, 1.165) is 16.2 Å². The number of guanidine groups is 1. The standard InChI is InChI=1S/C33H37ClN10O5S/c1-42-17-23(15-26(42)30(47)37-11-12-38-33(35)36)40-31(48)27-16-24(18-43(27)2)41-32(49)28-14-22(19-44(28,3)39-20-45)29(46)9-6-21-4-7-25(8-5-21)50-13-10-34/h4-9,14-20H,10-13H2,1-3H3,(H7-,35,36,37,38,39,40,41,45,47,48,49)/p+1. The van der Waals surface area contributed by atoms with Gasteiger partial charge in [-0.25, -0.2) is 0 Å². The van der Waals surface area contributed by atoms with Gasteiger partial charge in [0.25, 0.3) is 18.2 Å². The van der Waals surface area contributed by atoms with Crippen molar-refractivity contribution in [3.05, 3.63) is 95.4 Å². The number of halogens is 1. The topological polar surface area (TPSA) is 208 Å². The van der Waals surface area contributed by atoms with Crippen molar-refractivity contribution < 1.29 is 28.6 Å². The van der Waals surface area contributed by atoms with Gasteiger partial charge in [-0.2, -0.15) is 10.0 Å². The Morgan fingerprint density at radius 1 is 0.960 bits per heavy atom. The van der Waals surface area contributed by atoms with Crippen LogP contribution in [0.2, 0.25) is 0 Å². The number of allylic oxidation sites excluding steroid dienone is 3. The first-order valence-corrected chi connectivity index (χ1v) is 16.7. The van der Waals surface area contributed by atoms with Crippen LogP contribution < -0.4 is 32.8 Å². The molecule has 0 aliphatic carbocycles. The van der Waals surface area contributed by atoms with Gasteiger partial charge in [0.05, 0.1) is 23.5 Å². The summed E-state index contributed by atoms with van der Waals surface area (Å²) in [6.45, 7) is 0.438. The molecule has 3 heterocycles. The van der Waals surface area contributed by atoms with Crippen molar-refractivity contribution in [2.24, 2.45) is 30.6 Å². The normalized spacial score (nSPS) is 15.2. The number of anilines is 2. The first kappa shape index (κ1) is 37.2. The first-order chi connectivity index (χ1) is 23.8. The van der Waals surface area contributed by atoms with E-state index in [2.05, 4.69) is 26.4 Å². The summed E-state index contributed by atoms with van der Waals surface area (Å²) in [6, 6.07) is 10.7.